The van der Waals surface area contributed by atoms with Gasteiger partial charge in [-0.2, -0.15) is 0 Å². The smallest absolute Gasteiger partial charge is 0.410 e. The van der Waals surface area contributed by atoms with E-state index in [2.05, 4.69) is 11.6 Å². The van der Waals surface area contributed by atoms with Crippen LogP contribution < -0.4 is 5.56 Å². The number of fused-ring (bicyclic) bond motifs is 3. The van der Waals surface area contributed by atoms with Crippen molar-refractivity contribution < 1.29 is 9.53 Å². The van der Waals surface area contributed by atoms with Crippen LogP contribution in [-0.4, -0.2) is 33.7 Å². The Morgan fingerprint density at radius 3 is 3.04 bits per heavy atom. The van der Waals surface area contributed by atoms with Crippen LogP contribution in [0.5, 0.6) is 0 Å². The van der Waals surface area contributed by atoms with Crippen molar-refractivity contribution in [1.82, 2.24) is 14.5 Å². The molecule has 0 atom stereocenters. The van der Waals surface area contributed by atoms with E-state index in [1.54, 1.807) is 17.9 Å². The predicted molar refractivity (Wildman–Crippen MR) is 92.6 cm³/mol. The van der Waals surface area contributed by atoms with Gasteiger partial charge in [-0.1, -0.05) is 6.08 Å². The number of H-pyrrole nitrogens is 1. The number of ether oxygens (including phenoxy) is 1. The second-order valence-corrected chi connectivity index (χ2v) is 6.70. The van der Waals surface area contributed by atoms with Gasteiger partial charge in [-0.05, 0) is 31.1 Å². The molecule has 0 unspecified atom stereocenters. The van der Waals surface area contributed by atoms with Gasteiger partial charge in [0.15, 0.2) is 4.77 Å². The average Bonchev–Trinajstić information content (AvgIpc) is 2.88. The molecule has 122 valence electrons. The molecule has 1 amide bonds. The van der Waals surface area contributed by atoms with E-state index in [4.69, 9.17) is 17.0 Å². The van der Waals surface area contributed by atoms with Crippen molar-refractivity contribution >= 4 is 39.9 Å². The van der Waals surface area contributed by atoms with Crippen LogP contribution in [0, 0.1) is 4.77 Å². The fourth-order valence-corrected chi connectivity index (χ4v) is 4.35. The summed E-state index contributed by atoms with van der Waals surface area (Å²) in [7, 11) is 0. The molecule has 0 saturated carbocycles. The number of nitrogens with zero attached hydrogens (tertiary/aromatic N) is 2. The van der Waals surface area contributed by atoms with Gasteiger partial charge in [-0.3, -0.25) is 9.36 Å². The highest BCUT2D eigenvalue weighted by Crippen LogP contribution is 2.32. The summed E-state index contributed by atoms with van der Waals surface area (Å²) in [5.74, 6) is 0. The first-order valence-corrected chi connectivity index (χ1v) is 8.59. The van der Waals surface area contributed by atoms with E-state index in [1.807, 2.05) is 0 Å². The van der Waals surface area contributed by atoms with Crippen LogP contribution in [-0.2, 0) is 24.2 Å². The zero-order valence-corrected chi connectivity index (χ0v) is 14.4. The summed E-state index contributed by atoms with van der Waals surface area (Å²) in [6, 6.07) is 0. The van der Waals surface area contributed by atoms with E-state index < -0.39 is 0 Å². The SMILES string of the molecule is C=CCn1c(=S)[nH]c2sc3c(c2c1=O)CCN(C(=O)OCC)C3. The van der Waals surface area contributed by atoms with Crippen molar-refractivity contribution in [2.24, 2.45) is 0 Å². The Morgan fingerprint density at radius 1 is 1.57 bits per heavy atom. The molecule has 0 spiro atoms. The topological polar surface area (TPSA) is 67.3 Å². The second-order valence-electron chi connectivity index (χ2n) is 5.21. The van der Waals surface area contributed by atoms with Gasteiger partial charge in [0.25, 0.3) is 5.56 Å². The highest BCUT2D eigenvalue weighted by Gasteiger charge is 2.26. The van der Waals surface area contributed by atoms with Crippen LogP contribution in [0.15, 0.2) is 17.4 Å². The minimum Gasteiger partial charge on any atom is -0.450 e. The largest absolute Gasteiger partial charge is 0.450 e. The van der Waals surface area contributed by atoms with Gasteiger partial charge in [0, 0.05) is 18.0 Å². The van der Waals surface area contributed by atoms with Crippen molar-refractivity contribution in [2.75, 3.05) is 13.2 Å². The molecule has 0 radical (unpaired) electrons. The minimum atomic E-state index is -0.312. The molecule has 0 saturated heterocycles. The van der Waals surface area contributed by atoms with E-state index in [0.29, 0.717) is 42.8 Å². The molecule has 1 aliphatic heterocycles. The third kappa shape index (κ3) is 2.72. The number of rotatable bonds is 3. The fourth-order valence-electron chi connectivity index (χ4n) is 2.78. The van der Waals surface area contributed by atoms with Gasteiger partial charge >= 0.3 is 6.09 Å². The molecule has 0 aliphatic carbocycles. The van der Waals surface area contributed by atoms with Gasteiger partial charge in [-0.25, -0.2) is 4.79 Å². The zero-order valence-electron chi connectivity index (χ0n) is 12.8. The van der Waals surface area contributed by atoms with Crippen LogP contribution >= 0.6 is 23.6 Å². The molecular formula is C15H17N3O3S2. The number of nitrogens with one attached hydrogen (secondary N) is 1. The summed E-state index contributed by atoms with van der Waals surface area (Å²) < 4.78 is 6.96. The molecule has 0 fully saturated rings. The van der Waals surface area contributed by atoms with Crippen LogP contribution in [0.4, 0.5) is 4.79 Å². The quantitative estimate of drug-likeness (QED) is 0.682. The van der Waals surface area contributed by atoms with E-state index in [0.717, 1.165) is 15.3 Å². The van der Waals surface area contributed by atoms with E-state index in [1.165, 1.54) is 15.9 Å². The first-order chi connectivity index (χ1) is 11.1. The maximum absolute atomic E-state index is 12.7. The highest BCUT2D eigenvalue weighted by atomic mass is 32.1. The summed E-state index contributed by atoms with van der Waals surface area (Å²) in [6.07, 6.45) is 1.98. The lowest BCUT2D eigenvalue weighted by molar-refractivity contribution is 0.103. The van der Waals surface area contributed by atoms with Crippen molar-refractivity contribution in [2.45, 2.75) is 26.4 Å². The second kappa shape index (κ2) is 6.29. The van der Waals surface area contributed by atoms with E-state index >= 15 is 0 Å². The molecular weight excluding hydrogens is 334 g/mol. The lowest BCUT2D eigenvalue weighted by Gasteiger charge is -2.25. The molecule has 1 aliphatic rings. The molecule has 3 heterocycles. The monoisotopic (exact) mass is 351 g/mol. The number of hydrogen-bond donors (Lipinski definition) is 1. The molecule has 2 aromatic heterocycles. The third-order valence-corrected chi connectivity index (χ3v) is 5.27. The summed E-state index contributed by atoms with van der Waals surface area (Å²) in [4.78, 5) is 31.2. The van der Waals surface area contributed by atoms with Crippen LogP contribution in [0.2, 0.25) is 0 Å². The van der Waals surface area contributed by atoms with E-state index in [9.17, 15) is 9.59 Å². The lowest BCUT2D eigenvalue weighted by Crippen LogP contribution is -2.36. The highest BCUT2D eigenvalue weighted by molar-refractivity contribution is 7.71. The number of aromatic nitrogens is 2. The Kier molecular flexibility index (Phi) is 4.36. The summed E-state index contributed by atoms with van der Waals surface area (Å²) >= 11 is 6.74. The summed E-state index contributed by atoms with van der Waals surface area (Å²) in [5.41, 5.74) is 0.922. The number of allylic oxidation sites excluding steroid dienone is 1. The Balaban J connectivity index is 2.08. The predicted octanol–water partition coefficient (Wildman–Crippen LogP) is 2.82. The molecule has 6 nitrogen and oxygen atoms in total. The number of aromatic amines is 1. The Labute approximate surface area is 142 Å². The number of hydrogen-bond acceptors (Lipinski definition) is 5. The average molecular weight is 351 g/mol. The Bertz CT molecular complexity index is 894. The summed E-state index contributed by atoms with van der Waals surface area (Å²) in [5, 5.41) is 0.684. The van der Waals surface area contributed by atoms with E-state index in [-0.39, 0.29) is 11.7 Å². The maximum atomic E-state index is 12.7. The number of thiophene rings is 1. The standard InChI is InChI=1S/C15H17N3O3S2/c1-3-6-18-13(19)11-9-5-7-17(15(20)21-4-2)8-10(9)23-12(11)16-14(18)22/h3H,1,4-8H2,2H3,(H,16,22). The van der Waals surface area contributed by atoms with Crippen molar-refractivity contribution in [3.8, 4) is 0 Å². The number of carbonyl (C=O) groups is 1. The van der Waals surface area contributed by atoms with Crippen LogP contribution in [0.1, 0.15) is 17.4 Å². The molecule has 3 rings (SSSR count). The van der Waals surface area contributed by atoms with Gasteiger partial charge < -0.3 is 14.6 Å². The van der Waals surface area contributed by atoms with Crippen molar-refractivity contribution in [1.29, 1.82) is 0 Å². The summed E-state index contributed by atoms with van der Waals surface area (Å²) in [6.45, 7) is 7.20. The third-order valence-electron chi connectivity index (χ3n) is 3.82. The molecule has 1 N–H and O–H groups in total. The Hall–Kier alpha value is -1.93. The van der Waals surface area contributed by atoms with Gasteiger partial charge in [-0.15, -0.1) is 17.9 Å². The van der Waals surface area contributed by atoms with Crippen molar-refractivity contribution in [3.05, 3.63) is 38.2 Å². The Morgan fingerprint density at radius 2 is 2.35 bits per heavy atom. The van der Waals surface area contributed by atoms with Crippen LogP contribution in [0.3, 0.4) is 0 Å². The fraction of sp³-hybridized carbons (Fsp3) is 0.400. The van der Waals surface area contributed by atoms with Gasteiger partial charge in [0.05, 0.1) is 18.5 Å². The molecule has 0 aromatic carbocycles. The molecule has 0 bridgehead atoms. The number of amides is 1. The molecule has 2 aromatic rings. The first-order valence-electron chi connectivity index (χ1n) is 7.36. The molecule has 23 heavy (non-hydrogen) atoms. The van der Waals surface area contributed by atoms with Crippen LogP contribution in [0.25, 0.3) is 10.2 Å². The zero-order chi connectivity index (χ0) is 16.6. The number of carbonyl (C=O) groups excluding carboxylic acids is 1. The normalized spacial score (nSPS) is 13.9. The molecule has 8 heteroatoms. The van der Waals surface area contributed by atoms with Gasteiger partial charge in [0.1, 0.15) is 4.83 Å². The maximum Gasteiger partial charge on any atom is 0.410 e. The lowest BCUT2D eigenvalue weighted by atomic mass is 10.1. The van der Waals surface area contributed by atoms with Crippen molar-refractivity contribution in [3.63, 3.8) is 0 Å². The minimum absolute atomic E-state index is 0.0919. The van der Waals surface area contributed by atoms with Gasteiger partial charge in [0.2, 0.25) is 0 Å². The first kappa shape index (κ1) is 15.9.